The smallest absolute Gasteiger partial charge is 0.317 e. The van der Waals surface area contributed by atoms with Crippen LogP contribution in [-0.2, 0) is 19.1 Å². The summed E-state index contributed by atoms with van der Waals surface area (Å²) in [6.07, 6.45) is 1.13. The quantitative estimate of drug-likeness (QED) is 0.297. The predicted molar refractivity (Wildman–Crippen MR) is 64.9 cm³/mol. The van der Waals surface area contributed by atoms with Gasteiger partial charge in [0.1, 0.15) is 13.0 Å². The van der Waals surface area contributed by atoms with E-state index < -0.39 is 20.0 Å². The Bertz CT molecular complexity index is 255. The average molecular weight is 244 g/mol. The summed E-state index contributed by atoms with van der Waals surface area (Å²) in [5.74, 6) is -1.09. The number of esters is 2. The van der Waals surface area contributed by atoms with Gasteiger partial charge in [-0.3, -0.25) is 9.59 Å². The van der Waals surface area contributed by atoms with Crippen LogP contribution in [0.4, 0.5) is 0 Å². The van der Waals surface area contributed by atoms with Crippen molar-refractivity contribution in [2.24, 2.45) is 0 Å². The second-order valence-corrected chi connectivity index (χ2v) is 10.3. The van der Waals surface area contributed by atoms with Gasteiger partial charge in [0.15, 0.2) is 0 Å². The fraction of sp³-hybridized carbons (Fsp3) is 0.636. The summed E-state index contributed by atoms with van der Waals surface area (Å²) < 4.78 is 9.60. The van der Waals surface area contributed by atoms with Crippen molar-refractivity contribution >= 4 is 20.0 Å². The summed E-state index contributed by atoms with van der Waals surface area (Å²) in [6.45, 7) is 10.5. The number of hydrogen-bond donors (Lipinski definition) is 0. The molecule has 0 aromatic rings. The van der Waals surface area contributed by atoms with Crippen LogP contribution in [-0.4, -0.2) is 33.2 Å². The molecule has 16 heavy (non-hydrogen) atoms. The molecule has 0 atom stereocenters. The average Bonchev–Trinajstić information content (AvgIpc) is 2.12. The van der Waals surface area contributed by atoms with Crippen molar-refractivity contribution in [3.63, 3.8) is 0 Å². The van der Waals surface area contributed by atoms with E-state index in [0.29, 0.717) is 6.61 Å². The highest BCUT2D eigenvalue weighted by atomic mass is 28.3. The first-order chi connectivity index (χ1) is 7.35. The molecule has 0 radical (unpaired) electrons. The zero-order valence-electron chi connectivity index (χ0n) is 10.2. The molecule has 0 saturated heterocycles. The van der Waals surface area contributed by atoms with Gasteiger partial charge in [-0.1, -0.05) is 32.3 Å². The van der Waals surface area contributed by atoms with E-state index in [-0.39, 0.29) is 13.0 Å². The highest BCUT2D eigenvalue weighted by Gasteiger charge is 2.15. The van der Waals surface area contributed by atoms with Crippen LogP contribution in [0.1, 0.15) is 6.42 Å². The molecule has 92 valence electrons. The van der Waals surface area contributed by atoms with Crippen LogP contribution in [0.25, 0.3) is 0 Å². The van der Waals surface area contributed by atoms with Crippen LogP contribution in [0.2, 0.25) is 25.7 Å². The van der Waals surface area contributed by atoms with Gasteiger partial charge in [0.25, 0.3) is 0 Å². The maximum atomic E-state index is 11.2. The van der Waals surface area contributed by atoms with E-state index in [2.05, 4.69) is 31.0 Å². The van der Waals surface area contributed by atoms with E-state index in [0.717, 1.165) is 6.04 Å². The molecule has 0 amide bonds. The summed E-state index contributed by atoms with van der Waals surface area (Å²) in [4.78, 5) is 22.2. The van der Waals surface area contributed by atoms with Crippen LogP contribution in [0.15, 0.2) is 12.7 Å². The van der Waals surface area contributed by atoms with Gasteiger partial charge in [0.05, 0.1) is 6.61 Å². The maximum absolute atomic E-state index is 11.2. The van der Waals surface area contributed by atoms with Gasteiger partial charge in [-0.05, 0) is 6.04 Å². The first kappa shape index (κ1) is 14.9. The normalized spacial score (nSPS) is 10.7. The predicted octanol–water partition coefficient (Wildman–Crippen LogP) is 1.99. The van der Waals surface area contributed by atoms with Gasteiger partial charge in [-0.15, -0.1) is 0 Å². The van der Waals surface area contributed by atoms with Gasteiger partial charge in [-0.2, -0.15) is 0 Å². The Morgan fingerprint density at radius 3 is 2.25 bits per heavy atom. The Labute approximate surface area is 97.6 Å². The van der Waals surface area contributed by atoms with Gasteiger partial charge < -0.3 is 9.47 Å². The molecule has 0 aliphatic heterocycles. The van der Waals surface area contributed by atoms with Crippen LogP contribution >= 0.6 is 0 Å². The molecule has 0 fully saturated rings. The van der Waals surface area contributed by atoms with Gasteiger partial charge in [0, 0.05) is 8.07 Å². The first-order valence-corrected chi connectivity index (χ1v) is 8.98. The van der Waals surface area contributed by atoms with Crippen molar-refractivity contribution in [2.45, 2.75) is 32.1 Å². The van der Waals surface area contributed by atoms with Crippen LogP contribution in [0.5, 0.6) is 0 Å². The number of carbonyl (C=O) groups excluding carboxylic acids is 2. The molecule has 0 aliphatic rings. The van der Waals surface area contributed by atoms with E-state index in [1.54, 1.807) is 0 Å². The molecule has 5 heteroatoms. The zero-order chi connectivity index (χ0) is 12.6. The summed E-state index contributed by atoms with van der Waals surface area (Å²) in [5.41, 5.74) is 0. The van der Waals surface area contributed by atoms with Crippen molar-refractivity contribution in [2.75, 3.05) is 13.2 Å². The highest BCUT2D eigenvalue weighted by Crippen LogP contribution is 2.07. The molecule has 0 rings (SSSR count). The van der Waals surface area contributed by atoms with Crippen molar-refractivity contribution in [3.05, 3.63) is 12.7 Å². The van der Waals surface area contributed by atoms with E-state index in [1.807, 2.05) is 0 Å². The third-order valence-electron chi connectivity index (χ3n) is 1.77. The Balaban J connectivity index is 3.66. The standard InChI is InChI=1S/C11H20O4Si/c1-5-6-14-10(12)9-11(13)15-7-8-16(2,3)4/h5H,1,6-9H2,2-4H3. The summed E-state index contributed by atoms with van der Waals surface area (Å²) in [5, 5.41) is 0. The minimum absolute atomic E-state index is 0.126. The molecule has 0 bridgehead atoms. The topological polar surface area (TPSA) is 52.6 Å². The Morgan fingerprint density at radius 2 is 1.75 bits per heavy atom. The van der Waals surface area contributed by atoms with E-state index >= 15 is 0 Å². The third-order valence-corrected chi connectivity index (χ3v) is 3.47. The van der Waals surface area contributed by atoms with Crippen molar-refractivity contribution in [3.8, 4) is 0 Å². The van der Waals surface area contributed by atoms with E-state index in [4.69, 9.17) is 4.74 Å². The van der Waals surface area contributed by atoms with Crippen molar-refractivity contribution in [1.82, 2.24) is 0 Å². The van der Waals surface area contributed by atoms with Crippen LogP contribution in [0.3, 0.4) is 0 Å². The SMILES string of the molecule is C=CCOC(=O)CC(=O)OCC[Si](C)(C)C. The number of rotatable bonds is 7. The minimum Gasteiger partial charge on any atom is -0.466 e. The number of ether oxygens (including phenoxy) is 2. The number of carbonyl (C=O) groups is 2. The molecule has 0 unspecified atom stereocenters. The fourth-order valence-corrected chi connectivity index (χ4v) is 1.56. The third kappa shape index (κ3) is 9.45. The van der Waals surface area contributed by atoms with E-state index in [1.165, 1.54) is 6.08 Å². The monoisotopic (exact) mass is 244 g/mol. The first-order valence-electron chi connectivity index (χ1n) is 5.27. The van der Waals surface area contributed by atoms with Gasteiger partial charge >= 0.3 is 11.9 Å². The lowest BCUT2D eigenvalue weighted by Gasteiger charge is -2.14. The molecule has 0 N–H and O–H groups in total. The van der Waals surface area contributed by atoms with Crippen LogP contribution < -0.4 is 0 Å². The Hall–Kier alpha value is -1.10. The second-order valence-electron chi connectivity index (χ2n) is 4.68. The molecule has 0 aromatic heterocycles. The lowest BCUT2D eigenvalue weighted by molar-refractivity contribution is -0.153. The lowest BCUT2D eigenvalue weighted by Crippen LogP contribution is -2.23. The van der Waals surface area contributed by atoms with Gasteiger partial charge in [0.2, 0.25) is 0 Å². The highest BCUT2D eigenvalue weighted by molar-refractivity contribution is 6.76. The summed E-state index contributed by atoms with van der Waals surface area (Å²) >= 11 is 0. The van der Waals surface area contributed by atoms with Crippen LogP contribution in [0, 0.1) is 0 Å². The molecule has 0 saturated carbocycles. The molecule has 0 heterocycles. The molecule has 0 spiro atoms. The maximum Gasteiger partial charge on any atom is 0.317 e. The molecular weight excluding hydrogens is 224 g/mol. The molecule has 0 aliphatic carbocycles. The second kappa shape index (κ2) is 7.22. The molecule has 0 aromatic carbocycles. The minimum atomic E-state index is -1.19. The molecule has 4 nitrogen and oxygen atoms in total. The lowest BCUT2D eigenvalue weighted by atomic mass is 10.4. The molecular formula is C11H20O4Si. The summed E-state index contributed by atoms with van der Waals surface area (Å²) in [7, 11) is -1.19. The van der Waals surface area contributed by atoms with Crippen molar-refractivity contribution < 1.29 is 19.1 Å². The number of hydrogen-bond acceptors (Lipinski definition) is 4. The van der Waals surface area contributed by atoms with Crippen molar-refractivity contribution in [1.29, 1.82) is 0 Å². The fourth-order valence-electron chi connectivity index (χ4n) is 0.843. The Morgan fingerprint density at radius 1 is 1.19 bits per heavy atom. The zero-order valence-corrected chi connectivity index (χ0v) is 11.2. The Kier molecular flexibility index (Phi) is 6.72. The summed E-state index contributed by atoms with van der Waals surface area (Å²) in [6, 6.07) is 0.903. The largest absolute Gasteiger partial charge is 0.466 e. The van der Waals surface area contributed by atoms with Gasteiger partial charge in [-0.25, -0.2) is 0 Å². The van der Waals surface area contributed by atoms with E-state index in [9.17, 15) is 9.59 Å².